The fourth-order valence-corrected chi connectivity index (χ4v) is 4.52. The molecule has 5 nitrogen and oxygen atoms in total. The van der Waals surface area contributed by atoms with E-state index in [0.717, 1.165) is 50.5 Å². The van der Waals surface area contributed by atoms with E-state index >= 15 is 0 Å². The van der Waals surface area contributed by atoms with Crippen LogP contribution in [-0.2, 0) is 4.79 Å². The Bertz CT molecular complexity index is 1220. The van der Waals surface area contributed by atoms with E-state index in [1.165, 1.54) is 12.5 Å². The molecule has 3 rings (SSSR count). The maximum atomic E-state index is 12.7. The summed E-state index contributed by atoms with van der Waals surface area (Å²) in [6, 6.07) is 15.6. The van der Waals surface area contributed by atoms with E-state index < -0.39 is 12.0 Å². The number of amides is 1. The molecule has 3 aromatic rings. The minimum atomic E-state index is -1.07. The second kappa shape index (κ2) is 11.0. The molecule has 0 radical (unpaired) electrons. The first-order chi connectivity index (χ1) is 16.5. The van der Waals surface area contributed by atoms with Crippen molar-refractivity contribution < 1.29 is 14.7 Å². The monoisotopic (exact) mass is 492 g/mol. The lowest BCUT2D eigenvalue weighted by molar-refractivity contribution is -0.138. The Morgan fingerprint density at radius 1 is 0.914 bits per heavy atom. The Balaban J connectivity index is 1.88. The molecule has 0 heterocycles. The predicted octanol–water partition coefficient (Wildman–Crippen LogP) is 7.01. The number of benzene rings is 3. The van der Waals surface area contributed by atoms with Gasteiger partial charge < -0.3 is 15.7 Å². The average Bonchev–Trinajstić information content (AvgIpc) is 2.80. The Morgan fingerprint density at radius 2 is 1.51 bits per heavy atom. The van der Waals surface area contributed by atoms with Crippen LogP contribution in [0.15, 0.2) is 48.5 Å². The summed E-state index contributed by atoms with van der Waals surface area (Å²) >= 11 is 6.37. The minimum absolute atomic E-state index is 0.144. The summed E-state index contributed by atoms with van der Waals surface area (Å²) < 4.78 is 0. The second-order valence-electron chi connectivity index (χ2n) is 9.17. The van der Waals surface area contributed by atoms with Crippen LogP contribution in [0.1, 0.15) is 64.5 Å². The summed E-state index contributed by atoms with van der Waals surface area (Å²) in [7, 11) is 0. The summed E-state index contributed by atoms with van der Waals surface area (Å²) in [4.78, 5) is 23.8. The minimum Gasteiger partial charge on any atom is -0.480 e. The molecule has 0 aliphatic rings. The molecule has 0 saturated carbocycles. The van der Waals surface area contributed by atoms with Crippen molar-refractivity contribution in [3.05, 3.63) is 86.9 Å². The summed E-state index contributed by atoms with van der Waals surface area (Å²) in [5.74, 6) is -1.44. The summed E-state index contributed by atoms with van der Waals surface area (Å²) in [5.41, 5.74) is 8.49. The maximum absolute atomic E-state index is 12.7. The first kappa shape index (κ1) is 26.3. The number of carbonyl (C=O) groups is 2. The van der Waals surface area contributed by atoms with E-state index in [9.17, 15) is 9.59 Å². The van der Waals surface area contributed by atoms with Gasteiger partial charge in [-0.05, 0) is 92.1 Å². The molecule has 3 N–H and O–H groups in total. The number of aryl methyl sites for hydroxylation is 4. The highest BCUT2D eigenvalue weighted by atomic mass is 35.5. The average molecular weight is 493 g/mol. The predicted molar refractivity (Wildman–Crippen MR) is 143 cm³/mol. The van der Waals surface area contributed by atoms with Gasteiger partial charge in [0.25, 0.3) is 5.91 Å². The summed E-state index contributed by atoms with van der Waals surface area (Å²) in [6.07, 6.45) is 0.918. The van der Waals surface area contributed by atoms with Gasteiger partial charge in [-0.2, -0.15) is 0 Å². The molecular weight excluding hydrogens is 460 g/mol. The quantitative estimate of drug-likeness (QED) is 0.316. The van der Waals surface area contributed by atoms with Gasteiger partial charge in [0.1, 0.15) is 6.04 Å². The zero-order valence-corrected chi connectivity index (χ0v) is 21.9. The molecule has 3 aromatic carbocycles. The lowest BCUT2D eigenvalue weighted by Gasteiger charge is -2.21. The van der Waals surface area contributed by atoms with Crippen LogP contribution in [0, 0.1) is 27.7 Å². The molecule has 0 spiro atoms. The topological polar surface area (TPSA) is 78.4 Å². The zero-order valence-electron chi connectivity index (χ0n) is 21.1. The van der Waals surface area contributed by atoms with Crippen molar-refractivity contribution in [1.82, 2.24) is 5.32 Å². The van der Waals surface area contributed by atoms with E-state index in [1.54, 1.807) is 0 Å². The zero-order chi connectivity index (χ0) is 25.9. The number of anilines is 1. The summed E-state index contributed by atoms with van der Waals surface area (Å²) in [6.45, 7) is 11.4. The second-order valence-corrected chi connectivity index (χ2v) is 9.55. The van der Waals surface area contributed by atoms with E-state index in [1.807, 2.05) is 52.0 Å². The fraction of sp³-hybridized carbons (Fsp3) is 0.310. The summed E-state index contributed by atoms with van der Waals surface area (Å²) in [5, 5.41) is 16.1. The highest BCUT2D eigenvalue weighted by molar-refractivity contribution is 6.32. The van der Waals surface area contributed by atoms with Crippen molar-refractivity contribution in [2.45, 2.75) is 60.0 Å². The smallest absolute Gasteiger partial charge is 0.325 e. The lowest BCUT2D eigenvalue weighted by Crippen LogP contribution is -2.38. The maximum Gasteiger partial charge on any atom is 0.325 e. The molecule has 0 aliphatic carbocycles. The SMILES string of the molecule is CCC(Nc1cccc(-c2cc(C)c(C(=O)NC(C)C(=O)O)c(C)c2)c1)c1cc(C)c(Cl)c(C)c1. The third kappa shape index (κ3) is 6.04. The Labute approximate surface area is 212 Å². The highest BCUT2D eigenvalue weighted by Crippen LogP contribution is 2.31. The molecule has 0 bridgehead atoms. The van der Waals surface area contributed by atoms with Crippen molar-refractivity contribution in [1.29, 1.82) is 0 Å². The van der Waals surface area contributed by atoms with Crippen molar-refractivity contribution in [3.63, 3.8) is 0 Å². The molecule has 0 fully saturated rings. The standard InChI is InChI=1S/C29H33ClN2O3/c1-7-25(23-13-18(4)27(30)19(5)14-23)32-24-10-8-9-21(15-24)22-11-16(2)26(17(3)12-22)28(33)31-20(6)29(34)35/h8-15,20,25,32H,7H2,1-6H3,(H,31,33)(H,34,35). The number of halogens is 1. The molecule has 6 heteroatoms. The van der Waals surface area contributed by atoms with Crippen LogP contribution < -0.4 is 10.6 Å². The van der Waals surface area contributed by atoms with Crippen molar-refractivity contribution in [2.24, 2.45) is 0 Å². The number of carbonyl (C=O) groups excluding carboxylic acids is 1. The normalized spacial score (nSPS) is 12.7. The highest BCUT2D eigenvalue weighted by Gasteiger charge is 2.19. The molecule has 0 saturated heterocycles. The van der Waals surface area contributed by atoms with Gasteiger partial charge in [-0.3, -0.25) is 9.59 Å². The number of aliphatic carboxylic acids is 1. The van der Waals surface area contributed by atoms with Crippen LogP contribution in [0.4, 0.5) is 5.69 Å². The van der Waals surface area contributed by atoms with Gasteiger partial charge in [0, 0.05) is 16.3 Å². The molecular formula is C29H33ClN2O3. The Kier molecular flexibility index (Phi) is 8.23. The first-order valence-electron chi connectivity index (χ1n) is 11.8. The lowest BCUT2D eigenvalue weighted by atomic mass is 9.94. The van der Waals surface area contributed by atoms with Gasteiger partial charge in [0.2, 0.25) is 0 Å². The van der Waals surface area contributed by atoms with Crippen LogP contribution in [0.25, 0.3) is 11.1 Å². The third-order valence-corrected chi connectivity index (χ3v) is 6.88. The number of hydrogen-bond acceptors (Lipinski definition) is 3. The number of hydrogen-bond donors (Lipinski definition) is 3. The van der Waals surface area contributed by atoms with E-state index in [0.29, 0.717) is 5.56 Å². The van der Waals surface area contributed by atoms with Crippen LogP contribution in [-0.4, -0.2) is 23.0 Å². The first-order valence-corrected chi connectivity index (χ1v) is 12.2. The van der Waals surface area contributed by atoms with Gasteiger partial charge in [0.05, 0.1) is 6.04 Å². The number of carboxylic acid groups (broad SMARTS) is 1. The molecule has 2 atom stereocenters. The van der Waals surface area contributed by atoms with Gasteiger partial charge in [-0.15, -0.1) is 0 Å². The van der Waals surface area contributed by atoms with Crippen molar-refractivity contribution in [2.75, 3.05) is 5.32 Å². The van der Waals surface area contributed by atoms with E-state index in [2.05, 4.69) is 41.8 Å². The number of carboxylic acids is 1. The largest absolute Gasteiger partial charge is 0.480 e. The molecule has 0 aliphatic heterocycles. The molecule has 184 valence electrons. The van der Waals surface area contributed by atoms with E-state index in [-0.39, 0.29) is 11.9 Å². The van der Waals surface area contributed by atoms with Crippen molar-refractivity contribution >= 4 is 29.2 Å². The molecule has 1 amide bonds. The van der Waals surface area contributed by atoms with Crippen LogP contribution >= 0.6 is 11.6 Å². The van der Waals surface area contributed by atoms with Gasteiger partial charge in [-0.1, -0.05) is 54.9 Å². The van der Waals surface area contributed by atoms with Gasteiger partial charge in [0.15, 0.2) is 0 Å². The molecule has 35 heavy (non-hydrogen) atoms. The number of nitrogens with one attached hydrogen (secondary N) is 2. The molecule has 0 aromatic heterocycles. The van der Waals surface area contributed by atoms with Gasteiger partial charge >= 0.3 is 5.97 Å². The van der Waals surface area contributed by atoms with Crippen LogP contribution in [0.3, 0.4) is 0 Å². The Morgan fingerprint density at radius 3 is 2.06 bits per heavy atom. The van der Waals surface area contributed by atoms with Crippen LogP contribution in [0.5, 0.6) is 0 Å². The van der Waals surface area contributed by atoms with Gasteiger partial charge in [-0.25, -0.2) is 0 Å². The van der Waals surface area contributed by atoms with Crippen molar-refractivity contribution in [3.8, 4) is 11.1 Å². The molecule has 2 unspecified atom stereocenters. The fourth-order valence-electron chi connectivity index (χ4n) is 4.41. The number of rotatable bonds is 8. The Hall–Kier alpha value is -3.31. The van der Waals surface area contributed by atoms with Crippen LogP contribution in [0.2, 0.25) is 5.02 Å². The van der Waals surface area contributed by atoms with E-state index in [4.69, 9.17) is 16.7 Å². The third-order valence-electron chi connectivity index (χ3n) is 6.28.